The molecule has 1 heterocycles. The molecule has 0 aliphatic heterocycles. The van der Waals surface area contributed by atoms with E-state index in [4.69, 9.17) is 4.74 Å². The summed E-state index contributed by atoms with van der Waals surface area (Å²) in [6.45, 7) is 6.29. The molecule has 0 amide bonds. The van der Waals surface area contributed by atoms with Crippen molar-refractivity contribution in [3.05, 3.63) is 21.9 Å². The number of unbranched alkanes of at least 4 members (excludes halogenated alkanes) is 1. The van der Waals surface area contributed by atoms with E-state index in [1.807, 2.05) is 6.92 Å². The quantitative estimate of drug-likeness (QED) is 0.448. The van der Waals surface area contributed by atoms with E-state index in [0.717, 1.165) is 0 Å². The Hall–Kier alpha value is -1.85. The maximum atomic E-state index is 12.0. The molecule has 1 aromatic rings. The molecule has 0 radical (unpaired) electrons. The number of carbonyl (C=O) groups is 2. The molecule has 0 aliphatic rings. The first kappa shape index (κ1) is 16.2. The molecule has 0 spiro atoms. The van der Waals surface area contributed by atoms with Crippen molar-refractivity contribution in [2.24, 2.45) is 0 Å². The number of aromatic amines is 1. The van der Waals surface area contributed by atoms with Crippen molar-refractivity contribution in [3.63, 3.8) is 0 Å². The van der Waals surface area contributed by atoms with Crippen LogP contribution in [0.25, 0.3) is 0 Å². The Kier molecular flexibility index (Phi) is 6.21. The molecule has 20 heavy (non-hydrogen) atoms. The lowest BCUT2D eigenvalue weighted by Crippen LogP contribution is -2.16. The number of Topliss-reactive ketones (excluding diaryl/α,β-unsaturated/α-hetero) is 1. The Morgan fingerprint density at radius 3 is 2.40 bits per heavy atom. The Bertz CT molecular complexity index is 528. The molecule has 0 saturated carbocycles. The standard InChI is InChI=1S/C14H22N2O4/c1-4-16-10(3)13(15-14(16)19)11(17)8-6-7-9-12(18)20-5-2/h4-9H2,1-3H3,(H,15,19). The number of ketones is 1. The third-order valence-corrected chi connectivity index (χ3v) is 3.18. The number of aromatic nitrogens is 2. The van der Waals surface area contributed by atoms with Crippen LogP contribution in [0.4, 0.5) is 0 Å². The number of rotatable bonds is 8. The van der Waals surface area contributed by atoms with E-state index < -0.39 is 0 Å². The lowest BCUT2D eigenvalue weighted by molar-refractivity contribution is -0.143. The molecule has 1 rings (SSSR count). The topological polar surface area (TPSA) is 81.2 Å². The van der Waals surface area contributed by atoms with Gasteiger partial charge in [0.1, 0.15) is 5.69 Å². The van der Waals surface area contributed by atoms with E-state index >= 15 is 0 Å². The van der Waals surface area contributed by atoms with Crippen molar-refractivity contribution in [1.82, 2.24) is 9.55 Å². The second-order valence-corrected chi connectivity index (χ2v) is 4.57. The van der Waals surface area contributed by atoms with Gasteiger partial charge in [-0.15, -0.1) is 0 Å². The number of hydrogen-bond donors (Lipinski definition) is 1. The fourth-order valence-electron chi connectivity index (χ4n) is 2.12. The number of nitrogens with zero attached hydrogens (tertiary/aromatic N) is 1. The van der Waals surface area contributed by atoms with Crippen molar-refractivity contribution in [2.45, 2.75) is 53.0 Å². The molecule has 0 unspecified atom stereocenters. The summed E-state index contributed by atoms with van der Waals surface area (Å²) in [5.41, 5.74) is 0.806. The van der Waals surface area contributed by atoms with Gasteiger partial charge in [-0.3, -0.25) is 14.2 Å². The molecule has 0 aromatic carbocycles. The van der Waals surface area contributed by atoms with Crippen LogP contribution in [0.15, 0.2) is 4.79 Å². The summed E-state index contributed by atoms with van der Waals surface area (Å²) < 4.78 is 6.35. The molecule has 6 nitrogen and oxygen atoms in total. The number of esters is 1. The summed E-state index contributed by atoms with van der Waals surface area (Å²) in [5.74, 6) is -0.322. The van der Waals surface area contributed by atoms with Gasteiger partial charge < -0.3 is 9.72 Å². The summed E-state index contributed by atoms with van der Waals surface area (Å²) >= 11 is 0. The maximum absolute atomic E-state index is 12.0. The van der Waals surface area contributed by atoms with Crippen LogP contribution in [-0.4, -0.2) is 27.9 Å². The van der Waals surface area contributed by atoms with Crippen LogP contribution in [0.2, 0.25) is 0 Å². The average molecular weight is 282 g/mol. The average Bonchev–Trinajstić information content (AvgIpc) is 2.69. The van der Waals surface area contributed by atoms with Gasteiger partial charge in [-0.2, -0.15) is 0 Å². The van der Waals surface area contributed by atoms with Gasteiger partial charge in [0.15, 0.2) is 5.78 Å². The highest BCUT2D eigenvalue weighted by Crippen LogP contribution is 2.10. The minimum absolute atomic E-state index is 0.0874. The zero-order valence-electron chi connectivity index (χ0n) is 12.3. The molecule has 1 aromatic heterocycles. The minimum Gasteiger partial charge on any atom is -0.466 e. The van der Waals surface area contributed by atoms with Crippen molar-refractivity contribution in [2.75, 3.05) is 6.61 Å². The Labute approximate surface area is 118 Å². The number of nitrogens with one attached hydrogen (secondary N) is 1. The van der Waals surface area contributed by atoms with Gasteiger partial charge >= 0.3 is 11.7 Å². The predicted molar refractivity (Wildman–Crippen MR) is 74.9 cm³/mol. The molecular formula is C14H22N2O4. The largest absolute Gasteiger partial charge is 0.466 e. The summed E-state index contributed by atoms with van der Waals surface area (Å²) in [6.07, 6.45) is 1.87. The first-order valence-electron chi connectivity index (χ1n) is 6.99. The molecular weight excluding hydrogens is 260 g/mol. The number of carbonyl (C=O) groups excluding carboxylic acids is 2. The van der Waals surface area contributed by atoms with Crippen LogP contribution >= 0.6 is 0 Å². The van der Waals surface area contributed by atoms with Gasteiger partial charge in [-0.1, -0.05) is 0 Å². The Morgan fingerprint density at radius 2 is 1.85 bits per heavy atom. The van der Waals surface area contributed by atoms with E-state index in [1.165, 1.54) is 4.57 Å². The normalized spacial score (nSPS) is 10.6. The second-order valence-electron chi connectivity index (χ2n) is 4.57. The van der Waals surface area contributed by atoms with Crippen LogP contribution in [0.1, 0.15) is 55.7 Å². The van der Waals surface area contributed by atoms with Gasteiger partial charge in [-0.25, -0.2) is 4.79 Å². The SMILES string of the molecule is CCOC(=O)CCCCC(=O)c1[nH]c(=O)n(CC)c1C. The molecule has 1 N–H and O–H groups in total. The third-order valence-electron chi connectivity index (χ3n) is 3.18. The Morgan fingerprint density at radius 1 is 1.20 bits per heavy atom. The lowest BCUT2D eigenvalue weighted by Gasteiger charge is -2.03. The molecule has 6 heteroatoms. The molecule has 0 saturated heterocycles. The highest BCUT2D eigenvalue weighted by Gasteiger charge is 2.15. The molecule has 0 fully saturated rings. The lowest BCUT2D eigenvalue weighted by atomic mass is 10.1. The van der Waals surface area contributed by atoms with Crippen LogP contribution in [-0.2, 0) is 16.1 Å². The summed E-state index contributed by atoms with van der Waals surface area (Å²) in [7, 11) is 0. The molecule has 112 valence electrons. The van der Waals surface area contributed by atoms with Gasteiger partial charge in [0.25, 0.3) is 0 Å². The van der Waals surface area contributed by atoms with E-state index in [2.05, 4.69) is 4.98 Å². The zero-order chi connectivity index (χ0) is 15.1. The number of ether oxygens (including phenoxy) is 1. The van der Waals surface area contributed by atoms with Crippen LogP contribution in [0, 0.1) is 6.92 Å². The zero-order valence-corrected chi connectivity index (χ0v) is 12.3. The highest BCUT2D eigenvalue weighted by molar-refractivity contribution is 5.95. The van der Waals surface area contributed by atoms with E-state index in [0.29, 0.717) is 50.2 Å². The number of hydrogen-bond acceptors (Lipinski definition) is 4. The van der Waals surface area contributed by atoms with Crippen LogP contribution in [0.5, 0.6) is 0 Å². The van der Waals surface area contributed by atoms with Crippen molar-refractivity contribution in [1.29, 1.82) is 0 Å². The van der Waals surface area contributed by atoms with E-state index in [1.54, 1.807) is 13.8 Å². The van der Waals surface area contributed by atoms with Gasteiger partial charge in [-0.05, 0) is 33.6 Å². The summed E-state index contributed by atoms with van der Waals surface area (Å²) in [4.78, 5) is 37.3. The van der Waals surface area contributed by atoms with Gasteiger partial charge in [0.05, 0.1) is 6.61 Å². The minimum atomic E-state index is -0.250. The van der Waals surface area contributed by atoms with Crippen molar-refractivity contribution >= 4 is 11.8 Å². The molecule has 0 aliphatic carbocycles. The fourth-order valence-corrected chi connectivity index (χ4v) is 2.12. The van der Waals surface area contributed by atoms with Gasteiger partial charge in [0, 0.05) is 25.1 Å². The smallest absolute Gasteiger partial charge is 0.326 e. The second kappa shape index (κ2) is 7.67. The molecule has 0 atom stereocenters. The van der Waals surface area contributed by atoms with E-state index in [9.17, 15) is 14.4 Å². The van der Waals surface area contributed by atoms with Crippen molar-refractivity contribution in [3.8, 4) is 0 Å². The predicted octanol–water partition coefficient (Wildman–Crippen LogP) is 1.81. The fraction of sp³-hybridized carbons (Fsp3) is 0.643. The molecule has 0 bridgehead atoms. The summed E-state index contributed by atoms with van der Waals surface area (Å²) in [6, 6.07) is 0. The van der Waals surface area contributed by atoms with Crippen molar-refractivity contribution < 1.29 is 14.3 Å². The van der Waals surface area contributed by atoms with Crippen LogP contribution < -0.4 is 5.69 Å². The monoisotopic (exact) mass is 282 g/mol. The van der Waals surface area contributed by atoms with Crippen LogP contribution in [0.3, 0.4) is 0 Å². The van der Waals surface area contributed by atoms with Gasteiger partial charge in [0.2, 0.25) is 0 Å². The third kappa shape index (κ3) is 4.08. The maximum Gasteiger partial charge on any atom is 0.326 e. The highest BCUT2D eigenvalue weighted by atomic mass is 16.5. The number of H-pyrrole nitrogens is 1. The first-order chi connectivity index (χ1) is 9.51. The summed E-state index contributed by atoms with van der Waals surface area (Å²) in [5, 5.41) is 0. The first-order valence-corrected chi connectivity index (χ1v) is 6.99. The van der Waals surface area contributed by atoms with E-state index in [-0.39, 0.29) is 17.4 Å². The number of imidazole rings is 1. The Balaban J connectivity index is 2.48.